The highest BCUT2D eigenvalue weighted by molar-refractivity contribution is 5.85. The van der Waals surface area contributed by atoms with Gasteiger partial charge in [0.25, 0.3) is 0 Å². The molecule has 1 aliphatic carbocycles. The monoisotopic (exact) mass is 335 g/mol. The molecule has 1 aliphatic heterocycles. The summed E-state index contributed by atoms with van der Waals surface area (Å²) in [5, 5.41) is 12.8. The molecule has 2 fully saturated rings. The lowest BCUT2D eigenvalue weighted by Crippen LogP contribution is -2.42. The van der Waals surface area contributed by atoms with Crippen LogP contribution in [0.2, 0.25) is 0 Å². The van der Waals surface area contributed by atoms with Crippen LogP contribution in [-0.2, 0) is 6.54 Å². The van der Waals surface area contributed by atoms with Crippen LogP contribution in [0.25, 0.3) is 0 Å². The summed E-state index contributed by atoms with van der Waals surface area (Å²) in [5.41, 5.74) is 1.83. The van der Waals surface area contributed by atoms with Crippen molar-refractivity contribution in [3.8, 4) is 11.8 Å². The lowest BCUT2D eigenvalue weighted by Gasteiger charge is -2.32. The van der Waals surface area contributed by atoms with Crippen LogP contribution in [0.1, 0.15) is 36.8 Å². The smallest absolute Gasteiger partial charge is 0.136 e. The Morgan fingerprint density at radius 1 is 1.26 bits per heavy atom. The zero-order valence-electron chi connectivity index (χ0n) is 13.8. The fourth-order valence-electron chi connectivity index (χ4n) is 3.14. The second kappa shape index (κ2) is 8.54. The molecule has 1 aromatic rings. The molecule has 126 valence electrons. The van der Waals surface area contributed by atoms with E-state index in [1.54, 1.807) is 7.11 Å². The molecule has 0 unspecified atom stereocenters. The van der Waals surface area contributed by atoms with Crippen molar-refractivity contribution in [2.75, 3.05) is 26.7 Å². The molecule has 0 radical (unpaired) electrons. The molecule has 1 heterocycles. The van der Waals surface area contributed by atoms with E-state index in [4.69, 9.17) is 10.00 Å². The molecule has 4 nitrogen and oxygen atoms in total. The van der Waals surface area contributed by atoms with Crippen molar-refractivity contribution < 1.29 is 4.74 Å². The number of hydrogen-bond donors (Lipinski definition) is 1. The maximum atomic E-state index is 9.04. The molecule has 2 aliphatic rings. The topological polar surface area (TPSA) is 48.3 Å². The molecule has 23 heavy (non-hydrogen) atoms. The number of piperidine rings is 1. The summed E-state index contributed by atoms with van der Waals surface area (Å²) < 4.78 is 5.29. The predicted octanol–water partition coefficient (Wildman–Crippen LogP) is 2.95. The van der Waals surface area contributed by atoms with Crippen LogP contribution >= 0.6 is 12.4 Å². The Balaban J connectivity index is 0.00000192. The predicted molar refractivity (Wildman–Crippen MR) is 94.0 cm³/mol. The third kappa shape index (κ3) is 5.10. The van der Waals surface area contributed by atoms with Crippen LogP contribution in [0.15, 0.2) is 18.2 Å². The SMILES string of the molecule is COc1cc(CN2CCC(NCC3CC3)CC2)ccc1C#N.Cl. The van der Waals surface area contributed by atoms with Crippen LogP contribution in [0.5, 0.6) is 5.75 Å². The van der Waals surface area contributed by atoms with Gasteiger partial charge in [-0.3, -0.25) is 4.90 Å². The number of nitriles is 1. The lowest BCUT2D eigenvalue weighted by atomic mass is 10.0. The summed E-state index contributed by atoms with van der Waals surface area (Å²) in [5.74, 6) is 1.64. The van der Waals surface area contributed by atoms with Crippen LogP contribution in [0.4, 0.5) is 0 Å². The molecular weight excluding hydrogens is 310 g/mol. The standard InChI is InChI=1S/C18H25N3O.ClH/c1-22-18-10-15(4-5-16(18)11-19)13-21-8-6-17(7-9-21)20-12-14-2-3-14;/h4-5,10,14,17,20H,2-3,6-9,12-13H2,1H3;1H. The first-order valence-corrected chi connectivity index (χ1v) is 8.31. The fourth-order valence-corrected chi connectivity index (χ4v) is 3.14. The number of hydrogen-bond acceptors (Lipinski definition) is 4. The molecular formula is C18H26ClN3O. The van der Waals surface area contributed by atoms with E-state index in [0.717, 1.165) is 25.6 Å². The van der Waals surface area contributed by atoms with E-state index in [9.17, 15) is 0 Å². The van der Waals surface area contributed by atoms with Gasteiger partial charge in [-0.1, -0.05) is 6.07 Å². The molecule has 1 saturated carbocycles. The molecule has 0 amide bonds. The van der Waals surface area contributed by atoms with Crippen molar-refractivity contribution >= 4 is 12.4 Å². The number of halogens is 1. The van der Waals surface area contributed by atoms with E-state index < -0.39 is 0 Å². The number of methoxy groups -OCH3 is 1. The Morgan fingerprint density at radius 2 is 2.00 bits per heavy atom. The number of rotatable bonds is 6. The highest BCUT2D eigenvalue weighted by atomic mass is 35.5. The molecule has 0 spiro atoms. The molecule has 0 aromatic heterocycles. The Kier molecular flexibility index (Phi) is 6.71. The van der Waals surface area contributed by atoms with Gasteiger partial charge in [-0.05, 0) is 68.9 Å². The quantitative estimate of drug-likeness (QED) is 0.868. The van der Waals surface area contributed by atoms with Gasteiger partial charge in [-0.25, -0.2) is 0 Å². The summed E-state index contributed by atoms with van der Waals surface area (Å²) in [4.78, 5) is 2.50. The minimum Gasteiger partial charge on any atom is -0.495 e. The van der Waals surface area contributed by atoms with Gasteiger partial charge in [-0.2, -0.15) is 5.26 Å². The second-order valence-electron chi connectivity index (χ2n) is 6.55. The highest BCUT2D eigenvalue weighted by Crippen LogP contribution is 2.28. The fraction of sp³-hybridized carbons (Fsp3) is 0.611. The first kappa shape index (κ1) is 18.1. The van der Waals surface area contributed by atoms with Crippen molar-refractivity contribution in [3.63, 3.8) is 0 Å². The van der Waals surface area contributed by atoms with Gasteiger partial charge < -0.3 is 10.1 Å². The van der Waals surface area contributed by atoms with Gasteiger partial charge >= 0.3 is 0 Å². The molecule has 0 atom stereocenters. The summed E-state index contributed by atoms with van der Waals surface area (Å²) in [6.45, 7) is 4.45. The molecule has 5 heteroatoms. The third-order valence-corrected chi connectivity index (χ3v) is 4.77. The van der Waals surface area contributed by atoms with Crippen molar-refractivity contribution in [2.45, 2.75) is 38.3 Å². The van der Waals surface area contributed by atoms with Crippen LogP contribution in [-0.4, -0.2) is 37.7 Å². The van der Waals surface area contributed by atoms with Crippen molar-refractivity contribution in [3.05, 3.63) is 29.3 Å². The van der Waals surface area contributed by atoms with Crippen LogP contribution in [0, 0.1) is 17.2 Å². The van der Waals surface area contributed by atoms with Gasteiger partial charge in [0.05, 0.1) is 12.7 Å². The number of nitrogens with zero attached hydrogens (tertiary/aromatic N) is 2. The number of nitrogens with one attached hydrogen (secondary N) is 1. The Bertz CT molecular complexity index is 546. The maximum Gasteiger partial charge on any atom is 0.136 e. The first-order valence-electron chi connectivity index (χ1n) is 8.31. The Hall–Kier alpha value is -1.28. The zero-order valence-corrected chi connectivity index (χ0v) is 14.6. The van der Waals surface area contributed by atoms with E-state index in [-0.39, 0.29) is 12.4 Å². The van der Waals surface area contributed by atoms with Gasteiger partial charge in [0, 0.05) is 12.6 Å². The van der Waals surface area contributed by atoms with E-state index in [0.29, 0.717) is 17.4 Å². The van der Waals surface area contributed by atoms with E-state index in [1.807, 2.05) is 18.2 Å². The lowest BCUT2D eigenvalue weighted by molar-refractivity contribution is 0.190. The van der Waals surface area contributed by atoms with Crippen LogP contribution < -0.4 is 10.1 Å². The largest absolute Gasteiger partial charge is 0.495 e. The average molecular weight is 336 g/mol. The van der Waals surface area contributed by atoms with Crippen molar-refractivity contribution in [2.24, 2.45) is 5.92 Å². The van der Waals surface area contributed by atoms with Gasteiger partial charge in [-0.15, -0.1) is 12.4 Å². The summed E-state index contributed by atoms with van der Waals surface area (Å²) in [7, 11) is 1.62. The third-order valence-electron chi connectivity index (χ3n) is 4.77. The van der Waals surface area contributed by atoms with Crippen molar-refractivity contribution in [1.82, 2.24) is 10.2 Å². The number of likely N-dealkylation sites (tertiary alicyclic amines) is 1. The number of benzene rings is 1. The first-order chi connectivity index (χ1) is 10.8. The normalized spacial score (nSPS) is 19.0. The van der Waals surface area contributed by atoms with Gasteiger partial charge in [0.15, 0.2) is 0 Å². The second-order valence-corrected chi connectivity index (χ2v) is 6.55. The molecule has 1 aromatic carbocycles. The maximum absolute atomic E-state index is 9.04. The molecule has 1 saturated heterocycles. The van der Waals surface area contributed by atoms with E-state index in [1.165, 1.54) is 37.8 Å². The highest BCUT2D eigenvalue weighted by Gasteiger charge is 2.24. The van der Waals surface area contributed by atoms with Crippen molar-refractivity contribution in [1.29, 1.82) is 5.26 Å². The molecule has 3 rings (SSSR count). The van der Waals surface area contributed by atoms with Gasteiger partial charge in [0.2, 0.25) is 0 Å². The average Bonchev–Trinajstić information content (AvgIpc) is 3.38. The molecule has 0 bridgehead atoms. The summed E-state index contributed by atoms with van der Waals surface area (Å²) in [6, 6.07) is 8.76. The molecule has 1 N–H and O–H groups in total. The Morgan fingerprint density at radius 3 is 2.61 bits per heavy atom. The zero-order chi connectivity index (χ0) is 15.4. The summed E-state index contributed by atoms with van der Waals surface area (Å²) in [6.07, 6.45) is 5.32. The summed E-state index contributed by atoms with van der Waals surface area (Å²) >= 11 is 0. The number of ether oxygens (including phenoxy) is 1. The van der Waals surface area contributed by atoms with Gasteiger partial charge in [0.1, 0.15) is 11.8 Å². The Labute approximate surface area is 145 Å². The van der Waals surface area contributed by atoms with E-state index >= 15 is 0 Å². The van der Waals surface area contributed by atoms with Crippen LogP contribution in [0.3, 0.4) is 0 Å². The minimum atomic E-state index is 0. The van der Waals surface area contributed by atoms with E-state index in [2.05, 4.69) is 16.3 Å². The minimum absolute atomic E-state index is 0.